The van der Waals surface area contributed by atoms with Crippen molar-refractivity contribution in [3.63, 3.8) is 0 Å². The summed E-state index contributed by atoms with van der Waals surface area (Å²) in [5.74, 6) is 6.33. The fraction of sp³-hybridized carbons (Fsp3) is 0.111. The van der Waals surface area contributed by atoms with Crippen LogP contribution in [0.3, 0.4) is 0 Å². The predicted molar refractivity (Wildman–Crippen MR) is 63.4 cm³/mol. The Bertz CT molecular complexity index is 494. The van der Waals surface area contributed by atoms with E-state index < -0.39 is 0 Å². The highest BCUT2D eigenvalue weighted by molar-refractivity contribution is 6.30. The van der Waals surface area contributed by atoms with Gasteiger partial charge in [-0.2, -0.15) is 0 Å². The molecule has 0 atom stereocenters. The number of benzene rings is 1. The van der Waals surface area contributed by atoms with Crippen molar-refractivity contribution in [1.82, 2.24) is 14.9 Å². The van der Waals surface area contributed by atoms with Crippen molar-refractivity contribution >= 4 is 23.2 Å². The molecule has 0 spiro atoms. The molecule has 1 aromatic carbocycles. The molecule has 2 aromatic rings. The number of hydrogen-bond donors (Lipinski definition) is 3. The molecule has 0 amide bonds. The Kier molecular flexibility index (Phi) is 2.82. The second kappa shape index (κ2) is 4.28. The van der Waals surface area contributed by atoms with Crippen molar-refractivity contribution in [2.75, 3.05) is 16.9 Å². The molecule has 0 fully saturated rings. The summed E-state index contributed by atoms with van der Waals surface area (Å²) in [4.78, 5) is 0. The van der Waals surface area contributed by atoms with Crippen LogP contribution in [0.4, 0.5) is 11.6 Å². The van der Waals surface area contributed by atoms with Gasteiger partial charge in [0.05, 0.1) is 6.54 Å². The van der Waals surface area contributed by atoms with E-state index in [1.54, 1.807) is 6.07 Å². The lowest BCUT2D eigenvalue weighted by molar-refractivity contribution is 0.866. The maximum absolute atomic E-state index is 5.84. The molecule has 1 heterocycles. The van der Waals surface area contributed by atoms with Crippen molar-refractivity contribution in [1.29, 1.82) is 0 Å². The molecule has 0 saturated carbocycles. The smallest absolute Gasteiger partial charge is 0.240 e. The second-order valence-electron chi connectivity index (χ2n) is 3.21. The third-order valence-corrected chi connectivity index (χ3v) is 2.30. The van der Waals surface area contributed by atoms with Gasteiger partial charge in [0.15, 0.2) is 5.82 Å². The molecule has 5 N–H and O–H groups in total. The summed E-state index contributed by atoms with van der Waals surface area (Å²) in [6, 6.07) is 7.36. The largest absolute Gasteiger partial charge is 0.378 e. The summed E-state index contributed by atoms with van der Waals surface area (Å²) in [5, 5.41) is 11.2. The van der Waals surface area contributed by atoms with Gasteiger partial charge in [0, 0.05) is 10.7 Å². The highest BCUT2D eigenvalue weighted by Gasteiger charge is 2.05. The van der Waals surface area contributed by atoms with E-state index in [0.717, 1.165) is 5.69 Å². The maximum atomic E-state index is 5.84. The molecule has 16 heavy (non-hydrogen) atoms. The van der Waals surface area contributed by atoms with Crippen molar-refractivity contribution in [2.45, 2.75) is 6.54 Å². The highest BCUT2D eigenvalue weighted by Crippen LogP contribution is 2.15. The zero-order valence-electron chi connectivity index (χ0n) is 8.39. The van der Waals surface area contributed by atoms with Gasteiger partial charge < -0.3 is 16.9 Å². The van der Waals surface area contributed by atoms with Gasteiger partial charge in [-0.15, -0.1) is 10.2 Å². The van der Waals surface area contributed by atoms with Crippen LogP contribution in [-0.2, 0) is 6.54 Å². The fourth-order valence-electron chi connectivity index (χ4n) is 1.24. The molecular formula is C9H11ClN6. The summed E-state index contributed by atoms with van der Waals surface area (Å²) in [5.41, 5.74) is 6.33. The minimum Gasteiger partial charge on any atom is -0.378 e. The third-order valence-electron chi connectivity index (χ3n) is 2.07. The topological polar surface area (TPSA) is 94.8 Å². The molecule has 0 aliphatic carbocycles. The van der Waals surface area contributed by atoms with Gasteiger partial charge in [0.25, 0.3) is 0 Å². The Labute approximate surface area is 97.2 Å². The zero-order valence-corrected chi connectivity index (χ0v) is 9.15. The lowest BCUT2D eigenvalue weighted by Gasteiger charge is -2.05. The molecule has 0 bridgehead atoms. The van der Waals surface area contributed by atoms with E-state index in [2.05, 4.69) is 15.5 Å². The first kappa shape index (κ1) is 10.6. The number of anilines is 2. The van der Waals surface area contributed by atoms with E-state index in [0.29, 0.717) is 17.4 Å². The molecule has 84 valence electrons. The second-order valence-corrected chi connectivity index (χ2v) is 3.64. The zero-order chi connectivity index (χ0) is 11.5. The van der Waals surface area contributed by atoms with E-state index in [1.807, 2.05) is 18.2 Å². The first-order chi connectivity index (χ1) is 7.66. The molecule has 1 aromatic heterocycles. The molecular weight excluding hydrogens is 228 g/mol. The average Bonchev–Trinajstić information content (AvgIpc) is 2.57. The van der Waals surface area contributed by atoms with Crippen LogP contribution >= 0.6 is 11.6 Å². The SMILES string of the molecule is Nc1nnc(CNc2cccc(Cl)c2)n1N. The van der Waals surface area contributed by atoms with Gasteiger partial charge in [-0.05, 0) is 18.2 Å². The Morgan fingerprint density at radius 2 is 2.19 bits per heavy atom. The van der Waals surface area contributed by atoms with E-state index in [1.165, 1.54) is 4.68 Å². The molecule has 2 rings (SSSR count). The molecule has 7 heteroatoms. The van der Waals surface area contributed by atoms with Crippen LogP contribution in [0.15, 0.2) is 24.3 Å². The van der Waals surface area contributed by atoms with Crippen molar-refractivity contribution in [2.24, 2.45) is 0 Å². The summed E-state index contributed by atoms with van der Waals surface area (Å²) in [7, 11) is 0. The molecule has 0 radical (unpaired) electrons. The minimum absolute atomic E-state index is 0.183. The normalized spacial score (nSPS) is 10.3. The van der Waals surface area contributed by atoms with E-state index in [-0.39, 0.29) is 5.95 Å². The fourth-order valence-corrected chi connectivity index (χ4v) is 1.43. The number of rotatable bonds is 3. The van der Waals surface area contributed by atoms with Crippen LogP contribution in [0.2, 0.25) is 5.02 Å². The van der Waals surface area contributed by atoms with E-state index >= 15 is 0 Å². The number of halogens is 1. The lowest BCUT2D eigenvalue weighted by atomic mass is 10.3. The average molecular weight is 239 g/mol. The predicted octanol–water partition coefficient (Wildman–Crippen LogP) is 0.840. The Morgan fingerprint density at radius 3 is 2.81 bits per heavy atom. The highest BCUT2D eigenvalue weighted by atomic mass is 35.5. The number of nitrogens with zero attached hydrogens (tertiary/aromatic N) is 3. The van der Waals surface area contributed by atoms with Crippen LogP contribution in [0.5, 0.6) is 0 Å². The summed E-state index contributed by atoms with van der Waals surface area (Å²) >= 11 is 5.84. The quantitative estimate of drug-likeness (QED) is 0.689. The van der Waals surface area contributed by atoms with Gasteiger partial charge in [0.2, 0.25) is 5.95 Å². The Balaban J connectivity index is 2.05. The molecule has 0 aliphatic rings. The van der Waals surface area contributed by atoms with Gasteiger partial charge in [0.1, 0.15) is 0 Å². The standard InChI is InChI=1S/C9H11ClN6/c10-6-2-1-3-7(4-6)13-5-8-14-15-9(11)16(8)12/h1-4,13H,5,12H2,(H2,11,15). The van der Waals surface area contributed by atoms with Gasteiger partial charge in [-0.25, -0.2) is 4.68 Å². The van der Waals surface area contributed by atoms with Crippen molar-refractivity contribution in [3.05, 3.63) is 35.1 Å². The van der Waals surface area contributed by atoms with Gasteiger partial charge in [-0.3, -0.25) is 0 Å². The summed E-state index contributed by atoms with van der Waals surface area (Å²) in [6.45, 7) is 0.432. The Morgan fingerprint density at radius 1 is 1.38 bits per heavy atom. The van der Waals surface area contributed by atoms with Crippen molar-refractivity contribution in [3.8, 4) is 0 Å². The number of hydrogen-bond acceptors (Lipinski definition) is 5. The molecule has 0 unspecified atom stereocenters. The van der Waals surface area contributed by atoms with Crippen LogP contribution < -0.4 is 16.9 Å². The van der Waals surface area contributed by atoms with Crippen LogP contribution in [0, 0.1) is 0 Å². The number of nitrogens with one attached hydrogen (secondary N) is 1. The summed E-state index contributed by atoms with van der Waals surface area (Å²) in [6.07, 6.45) is 0. The number of nitrogen functional groups attached to an aromatic ring is 2. The minimum atomic E-state index is 0.183. The van der Waals surface area contributed by atoms with Crippen LogP contribution in [0.1, 0.15) is 5.82 Å². The number of aromatic nitrogens is 3. The maximum Gasteiger partial charge on any atom is 0.240 e. The number of nitrogens with two attached hydrogens (primary N) is 2. The van der Waals surface area contributed by atoms with E-state index in [9.17, 15) is 0 Å². The third kappa shape index (κ3) is 2.17. The van der Waals surface area contributed by atoms with Gasteiger partial charge >= 0.3 is 0 Å². The molecule has 6 nitrogen and oxygen atoms in total. The monoisotopic (exact) mass is 238 g/mol. The van der Waals surface area contributed by atoms with E-state index in [4.69, 9.17) is 23.2 Å². The first-order valence-electron chi connectivity index (χ1n) is 4.61. The van der Waals surface area contributed by atoms with Gasteiger partial charge in [-0.1, -0.05) is 17.7 Å². The molecule has 0 aliphatic heterocycles. The van der Waals surface area contributed by atoms with Crippen LogP contribution in [0.25, 0.3) is 0 Å². The Hall–Kier alpha value is -1.95. The van der Waals surface area contributed by atoms with Crippen molar-refractivity contribution < 1.29 is 0 Å². The first-order valence-corrected chi connectivity index (χ1v) is 4.99. The van der Waals surface area contributed by atoms with Crippen LogP contribution in [-0.4, -0.2) is 14.9 Å². The lowest BCUT2D eigenvalue weighted by Crippen LogP contribution is -2.17. The molecule has 0 saturated heterocycles. The summed E-state index contributed by atoms with van der Waals surface area (Å²) < 4.78 is 1.23.